The molecule has 0 saturated heterocycles. The molecular weight excluding hydrogens is 548 g/mol. The monoisotopic (exact) mass is 580 g/mol. The number of sulfone groups is 2. The third kappa shape index (κ3) is 12.8. The van der Waals surface area contributed by atoms with Crippen molar-refractivity contribution in [3.63, 3.8) is 0 Å². The predicted octanol–water partition coefficient (Wildman–Crippen LogP) is 2.61. The Kier molecular flexibility index (Phi) is 21.5. The van der Waals surface area contributed by atoms with Gasteiger partial charge >= 0.3 is 0 Å². The summed E-state index contributed by atoms with van der Waals surface area (Å²) in [6.45, 7) is 4.08. The van der Waals surface area contributed by atoms with Gasteiger partial charge in [-0.3, -0.25) is 0 Å². The molecule has 0 fully saturated rings. The molecule has 26 heavy (non-hydrogen) atoms. The summed E-state index contributed by atoms with van der Waals surface area (Å²) in [6, 6.07) is 0. The van der Waals surface area contributed by atoms with E-state index >= 15 is 0 Å². The van der Waals surface area contributed by atoms with Crippen molar-refractivity contribution in [3.8, 4) is 0 Å². The first kappa shape index (κ1) is 32.2. The minimum absolute atomic E-state index is 0. The summed E-state index contributed by atoms with van der Waals surface area (Å²) in [5.74, 6) is 1.07. The van der Waals surface area contributed by atoms with Crippen LogP contribution in [0.15, 0.2) is 0 Å². The Labute approximate surface area is 188 Å². The molecule has 162 valence electrons. The zero-order valence-corrected chi connectivity index (χ0v) is 22.2. The molecule has 0 rings (SSSR count). The molecule has 12 heteroatoms. The lowest BCUT2D eigenvalue weighted by molar-refractivity contribution is 0.580. The smallest absolute Gasteiger partial charge is 0.155 e. The van der Waals surface area contributed by atoms with E-state index in [1.54, 1.807) is 0 Å². The summed E-state index contributed by atoms with van der Waals surface area (Å²) < 4.78 is 48.7. The lowest BCUT2D eigenvalue weighted by Gasteiger charge is -2.17. The van der Waals surface area contributed by atoms with Crippen molar-refractivity contribution in [2.75, 3.05) is 36.1 Å². The van der Waals surface area contributed by atoms with Crippen molar-refractivity contribution >= 4 is 75.2 Å². The highest BCUT2D eigenvalue weighted by Gasteiger charge is 2.26. The molecule has 0 aromatic heterocycles. The van der Waals surface area contributed by atoms with Gasteiger partial charge in [0.25, 0.3) is 0 Å². The Balaban J connectivity index is -0.00000264. The molecule has 0 aliphatic heterocycles. The molecule has 0 spiro atoms. The Morgan fingerprint density at radius 1 is 0.731 bits per heavy atom. The van der Waals surface area contributed by atoms with Gasteiger partial charge in [-0.15, -0.1) is 34.0 Å². The second-order valence-corrected chi connectivity index (χ2v) is 13.1. The summed E-state index contributed by atoms with van der Waals surface area (Å²) in [4.78, 5) is 0. The highest BCUT2D eigenvalue weighted by Crippen LogP contribution is 2.26. The Morgan fingerprint density at radius 3 is 1.27 bits per heavy atom. The van der Waals surface area contributed by atoms with E-state index in [1.807, 2.05) is 13.8 Å². The zero-order chi connectivity index (χ0) is 18.6. The fourth-order valence-corrected chi connectivity index (χ4v) is 9.46. The van der Waals surface area contributed by atoms with E-state index in [0.717, 1.165) is 12.8 Å². The lowest BCUT2D eigenvalue weighted by Crippen LogP contribution is -2.34. The van der Waals surface area contributed by atoms with E-state index in [2.05, 4.69) is 0 Å². The van der Waals surface area contributed by atoms with Gasteiger partial charge in [0.05, 0.1) is 22.0 Å². The number of hydrogen-bond donors (Lipinski definition) is 2. The van der Waals surface area contributed by atoms with E-state index in [-0.39, 0.29) is 58.6 Å². The van der Waals surface area contributed by atoms with Gasteiger partial charge in [0.15, 0.2) is 19.7 Å². The van der Waals surface area contributed by atoms with Crippen LogP contribution in [0.1, 0.15) is 39.5 Å². The highest BCUT2D eigenvalue weighted by molar-refractivity contribution is 8.93. The first-order chi connectivity index (χ1) is 11.2. The van der Waals surface area contributed by atoms with Crippen LogP contribution in [-0.4, -0.2) is 63.4 Å². The molecule has 2 atom stereocenters. The van der Waals surface area contributed by atoms with Crippen LogP contribution in [0.25, 0.3) is 0 Å². The van der Waals surface area contributed by atoms with Crippen LogP contribution in [0.4, 0.5) is 0 Å². The standard InChI is InChI=1S/C14H32N2O4S4.2BrH/c1-3-5-7-23(17,18)13(9-15)11-21-22-12-14(10-16)24(19,20)8-6-4-2;;/h13-14H,3-12,15-16H2,1-2H3;2*1H. The Bertz CT molecular complexity index is 485. The Morgan fingerprint density at radius 2 is 1.04 bits per heavy atom. The molecule has 0 aromatic carbocycles. The molecule has 0 aliphatic carbocycles. The predicted molar refractivity (Wildman–Crippen MR) is 129 cm³/mol. The van der Waals surface area contributed by atoms with Gasteiger partial charge < -0.3 is 11.5 Å². The van der Waals surface area contributed by atoms with E-state index in [4.69, 9.17) is 11.5 Å². The number of nitrogens with two attached hydrogens (primary N) is 2. The number of hydrogen-bond acceptors (Lipinski definition) is 8. The first-order valence-electron chi connectivity index (χ1n) is 8.32. The van der Waals surface area contributed by atoms with Crippen LogP contribution in [-0.2, 0) is 19.7 Å². The van der Waals surface area contributed by atoms with Gasteiger partial charge in [-0.25, -0.2) is 16.8 Å². The van der Waals surface area contributed by atoms with E-state index in [1.165, 1.54) is 21.6 Å². The SMILES string of the molecule is Br.Br.CCCCS(=O)(=O)C(CN)CSSCC(CN)S(=O)(=O)CCCC. The third-order valence-corrected chi connectivity index (χ3v) is 11.1. The molecule has 4 N–H and O–H groups in total. The van der Waals surface area contributed by atoms with Crippen LogP contribution >= 0.6 is 55.6 Å². The molecule has 0 aliphatic rings. The maximum absolute atomic E-state index is 12.2. The topological polar surface area (TPSA) is 120 Å². The van der Waals surface area contributed by atoms with Crippen molar-refractivity contribution in [1.29, 1.82) is 0 Å². The van der Waals surface area contributed by atoms with E-state index < -0.39 is 30.2 Å². The molecular formula is C14H34Br2N2O4S4. The summed E-state index contributed by atoms with van der Waals surface area (Å²) >= 11 is 0. The summed E-state index contributed by atoms with van der Waals surface area (Å²) in [5, 5.41) is -1.15. The van der Waals surface area contributed by atoms with Gasteiger partial charge in [0.2, 0.25) is 0 Å². The van der Waals surface area contributed by atoms with E-state index in [9.17, 15) is 16.8 Å². The Hall–Kier alpha value is 1.48. The maximum Gasteiger partial charge on any atom is 0.155 e. The second-order valence-electron chi connectivity index (χ2n) is 5.73. The molecule has 0 heterocycles. The number of unbranched alkanes of at least 4 members (excludes halogenated alkanes) is 2. The average Bonchev–Trinajstić information content (AvgIpc) is 2.54. The van der Waals surface area contributed by atoms with Crippen molar-refractivity contribution in [2.45, 2.75) is 50.0 Å². The molecule has 6 nitrogen and oxygen atoms in total. The van der Waals surface area contributed by atoms with Gasteiger partial charge in [0, 0.05) is 24.6 Å². The molecule has 0 saturated carbocycles. The zero-order valence-electron chi connectivity index (χ0n) is 15.5. The number of halogens is 2. The molecule has 0 aromatic rings. The molecule has 0 bridgehead atoms. The summed E-state index contributed by atoms with van der Waals surface area (Å²) in [6.07, 6.45) is 2.93. The largest absolute Gasteiger partial charge is 0.329 e. The lowest BCUT2D eigenvalue weighted by atomic mass is 10.4. The van der Waals surface area contributed by atoms with Crippen LogP contribution < -0.4 is 11.5 Å². The molecule has 0 radical (unpaired) electrons. The van der Waals surface area contributed by atoms with Crippen molar-refractivity contribution in [3.05, 3.63) is 0 Å². The fraction of sp³-hybridized carbons (Fsp3) is 1.00. The number of rotatable bonds is 15. The molecule has 0 amide bonds. The van der Waals surface area contributed by atoms with Crippen molar-refractivity contribution in [1.82, 2.24) is 0 Å². The first-order valence-corrected chi connectivity index (χ1v) is 14.2. The van der Waals surface area contributed by atoms with Crippen LogP contribution in [0.5, 0.6) is 0 Å². The fourth-order valence-electron chi connectivity index (χ4n) is 1.91. The van der Waals surface area contributed by atoms with Gasteiger partial charge in [-0.1, -0.05) is 48.3 Å². The van der Waals surface area contributed by atoms with Crippen LogP contribution in [0.3, 0.4) is 0 Å². The van der Waals surface area contributed by atoms with Gasteiger partial charge in [-0.05, 0) is 12.8 Å². The highest BCUT2D eigenvalue weighted by atomic mass is 79.9. The maximum atomic E-state index is 12.2. The van der Waals surface area contributed by atoms with Gasteiger partial charge in [-0.2, -0.15) is 0 Å². The molecule has 2 unspecified atom stereocenters. The summed E-state index contributed by atoms with van der Waals surface area (Å²) in [7, 11) is -3.63. The van der Waals surface area contributed by atoms with Crippen LogP contribution in [0, 0.1) is 0 Å². The minimum Gasteiger partial charge on any atom is -0.329 e. The van der Waals surface area contributed by atoms with Crippen molar-refractivity contribution < 1.29 is 16.8 Å². The third-order valence-electron chi connectivity index (χ3n) is 3.70. The van der Waals surface area contributed by atoms with Gasteiger partial charge in [0.1, 0.15) is 0 Å². The normalized spacial score (nSPS) is 14.2. The second kappa shape index (κ2) is 17.3. The summed E-state index contributed by atoms with van der Waals surface area (Å²) in [5.41, 5.74) is 11.2. The minimum atomic E-state index is -3.18. The van der Waals surface area contributed by atoms with Crippen molar-refractivity contribution in [2.24, 2.45) is 11.5 Å². The van der Waals surface area contributed by atoms with Crippen LogP contribution in [0.2, 0.25) is 0 Å². The quantitative estimate of drug-likeness (QED) is 0.224. The average molecular weight is 583 g/mol. The van der Waals surface area contributed by atoms with E-state index in [0.29, 0.717) is 24.3 Å².